The molecule has 1 unspecified atom stereocenters. The van der Waals surface area contributed by atoms with E-state index >= 15 is 0 Å². The van der Waals surface area contributed by atoms with E-state index in [-0.39, 0.29) is 22.0 Å². The van der Waals surface area contributed by atoms with E-state index in [0.29, 0.717) is 6.07 Å². The molecule has 11 heteroatoms. The maximum absolute atomic E-state index is 14.0. The van der Waals surface area contributed by atoms with Gasteiger partial charge in [-0.05, 0) is 45.0 Å². The third-order valence-corrected chi connectivity index (χ3v) is 4.94. The van der Waals surface area contributed by atoms with Crippen molar-refractivity contribution in [2.45, 2.75) is 38.1 Å². The molecule has 2 aromatic rings. The number of benzene rings is 1. The average molecular weight is 455 g/mol. The molecule has 0 aliphatic heterocycles. The van der Waals surface area contributed by atoms with Crippen LogP contribution in [0.15, 0.2) is 40.9 Å². The van der Waals surface area contributed by atoms with Crippen LogP contribution in [0.5, 0.6) is 5.75 Å². The molecule has 0 spiro atoms. The van der Waals surface area contributed by atoms with E-state index in [9.17, 15) is 26.5 Å². The van der Waals surface area contributed by atoms with Crippen molar-refractivity contribution >= 4 is 28.7 Å². The molecule has 1 aromatic carbocycles. The molecule has 0 amide bonds. The zero-order valence-corrected chi connectivity index (χ0v) is 17.0. The molecule has 0 aliphatic carbocycles. The number of aromatic nitrogens is 1. The highest BCUT2D eigenvalue weighted by Crippen LogP contribution is 2.30. The third-order valence-electron chi connectivity index (χ3n) is 3.32. The van der Waals surface area contributed by atoms with Gasteiger partial charge in [0.15, 0.2) is 0 Å². The number of halogens is 6. The van der Waals surface area contributed by atoms with Gasteiger partial charge in [0, 0.05) is 17.8 Å². The van der Waals surface area contributed by atoms with Crippen LogP contribution in [0.3, 0.4) is 0 Å². The topological polar surface area (TPSA) is 57.5 Å². The molecule has 158 valence electrons. The van der Waals surface area contributed by atoms with Crippen molar-refractivity contribution in [2.75, 3.05) is 0 Å². The van der Waals surface area contributed by atoms with Gasteiger partial charge < -0.3 is 9.29 Å². The zero-order chi connectivity index (χ0) is 22.0. The smallest absolute Gasteiger partial charge is 0.461 e. The predicted molar refractivity (Wildman–Crippen MR) is 101 cm³/mol. The molecular weight excluding hydrogens is 439 g/mol. The Morgan fingerprint density at radius 1 is 1.21 bits per heavy atom. The second kappa shape index (κ2) is 8.85. The number of alkyl halides is 4. The molecule has 4 nitrogen and oxygen atoms in total. The Hall–Kier alpha value is -1.91. The molecule has 0 saturated heterocycles. The summed E-state index contributed by atoms with van der Waals surface area (Å²) < 4.78 is 85.0. The first-order valence-corrected chi connectivity index (χ1v) is 9.56. The van der Waals surface area contributed by atoms with Gasteiger partial charge in [-0.15, -0.1) is 0 Å². The van der Waals surface area contributed by atoms with Gasteiger partial charge in [-0.1, -0.05) is 16.0 Å². The lowest BCUT2D eigenvalue weighted by molar-refractivity contribution is -0.253. The monoisotopic (exact) mass is 454 g/mol. The minimum atomic E-state index is -4.82. The highest BCUT2D eigenvalue weighted by Gasteiger charge is 2.44. The van der Waals surface area contributed by atoms with Crippen LogP contribution in [-0.4, -0.2) is 32.5 Å². The quantitative estimate of drug-likeness (QED) is 0.333. The summed E-state index contributed by atoms with van der Waals surface area (Å²) in [4.78, 5) is 4.02. The number of hydrogen-bond donors (Lipinski definition) is 0. The summed E-state index contributed by atoms with van der Waals surface area (Å²) in [6.07, 6.45) is -7.68. The predicted octanol–water partition coefficient (Wildman–Crippen LogP) is 5.41. The summed E-state index contributed by atoms with van der Waals surface area (Å²) in [6.45, 7) is 4.93. The van der Waals surface area contributed by atoms with E-state index in [4.69, 9.17) is 11.6 Å². The van der Waals surface area contributed by atoms with Crippen LogP contribution in [0.2, 0.25) is 5.02 Å². The Kier molecular flexibility index (Phi) is 7.13. The van der Waals surface area contributed by atoms with Gasteiger partial charge in [0.2, 0.25) is 0 Å². The van der Waals surface area contributed by atoms with Crippen molar-refractivity contribution in [2.24, 2.45) is 4.40 Å². The summed E-state index contributed by atoms with van der Waals surface area (Å²) in [7, 11) is 0. The highest BCUT2D eigenvalue weighted by atomic mass is 35.5. The van der Waals surface area contributed by atoms with Crippen LogP contribution >= 0.6 is 11.6 Å². The highest BCUT2D eigenvalue weighted by molar-refractivity contribution is 7.91. The molecule has 2 rings (SSSR count). The maximum Gasteiger partial charge on any atom is 0.461 e. The largest absolute Gasteiger partial charge is 0.591 e. The van der Waals surface area contributed by atoms with Crippen LogP contribution in [-0.2, 0) is 11.4 Å². The summed E-state index contributed by atoms with van der Waals surface area (Å²) >= 11 is 3.97. The van der Waals surface area contributed by atoms with Gasteiger partial charge in [-0.2, -0.15) is 17.6 Å². The van der Waals surface area contributed by atoms with Crippen LogP contribution in [0, 0.1) is 5.82 Å². The minimum absolute atomic E-state index is 0.111. The molecule has 0 bridgehead atoms. The number of pyridine rings is 1. The van der Waals surface area contributed by atoms with E-state index in [1.807, 2.05) is 0 Å². The van der Waals surface area contributed by atoms with Gasteiger partial charge in [0.05, 0.1) is 10.7 Å². The van der Waals surface area contributed by atoms with Gasteiger partial charge >= 0.3 is 12.5 Å². The Labute approximate surface area is 172 Å². The van der Waals surface area contributed by atoms with E-state index in [2.05, 4.69) is 14.1 Å². The fraction of sp³-hybridized carbons (Fsp3) is 0.333. The van der Waals surface area contributed by atoms with Crippen molar-refractivity contribution in [3.8, 4) is 5.75 Å². The third kappa shape index (κ3) is 6.28. The Morgan fingerprint density at radius 3 is 2.38 bits per heavy atom. The van der Waals surface area contributed by atoms with Crippen LogP contribution in [0.25, 0.3) is 0 Å². The number of ether oxygens (including phenoxy) is 1. The lowest BCUT2D eigenvalue weighted by Gasteiger charge is -2.20. The lowest BCUT2D eigenvalue weighted by atomic mass is 10.1. The van der Waals surface area contributed by atoms with Crippen LogP contribution < -0.4 is 4.74 Å². The first-order valence-electron chi connectivity index (χ1n) is 8.08. The second-order valence-corrected chi connectivity index (χ2v) is 9.15. The maximum atomic E-state index is 14.0. The fourth-order valence-corrected chi connectivity index (χ4v) is 2.69. The lowest BCUT2D eigenvalue weighted by Crippen LogP contribution is -2.33. The van der Waals surface area contributed by atoms with Gasteiger partial charge in [0.1, 0.15) is 33.4 Å². The van der Waals surface area contributed by atoms with Crippen molar-refractivity contribution in [1.29, 1.82) is 0 Å². The van der Waals surface area contributed by atoms with Crippen LogP contribution in [0.1, 0.15) is 32.0 Å². The normalized spacial score (nSPS) is 14.2. The van der Waals surface area contributed by atoms with Crippen molar-refractivity contribution in [1.82, 2.24) is 4.98 Å². The molecule has 0 radical (unpaired) electrons. The van der Waals surface area contributed by atoms with Gasteiger partial charge in [0.25, 0.3) is 0 Å². The first kappa shape index (κ1) is 23.4. The van der Waals surface area contributed by atoms with E-state index in [1.54, 1.807) is 20.8 Å². The summed E-state index contributed by atoms with van der Waals surface area (Å²) in [5.41, 5.74) is -0.138. The minimum Gasteiger partial charge on any atom is -0.591 e. The Balaban J connectivity index is 2.59. The zero-order valence-electron chi connectivity index (χ0n) is 15.4. The number of nitrogens with zero attached hydrogens (tertiary/aromatic N) is 2. The molecule has 1 heterocycles. The van der Waals surface area contributed by atoms with E-state index < -0.39 is 40.2 Å². The first-order chi connectivity index (χ1) is 13.3. The van der Waals surface area contributed by atoms with Gasteiger partial charge in [-0.25, -0.2) is 4.39 Å². The number of rotatable bonds is 6. The van der Waals surface area contributed by atoms with Crippen molar-refractivity contribution in [3.63, 3.8) is 0 Å². The molecule has 29 heavy (non-hydrogen) atoms. The molecule has 1 atom stereocenters. The fourth-order valence-electron chi connectivity index (χ4n) is 1.94. The van der Waals surface area contributed by atoms with Crippen molar-refractivity contribution in [3.05, 3.63) is 58.6 Å². The summed E-state index contributed by atoms with van der Waals surface area (Å²) in [5.74, 6) is -1.90. The molecule has 0 N–H and O–H groups in total. The Bertz CT molecular complexity index is 889. The van der Waals surface area contributed by atoms with E-state index in [1.165, 1.54) is 18.3 Å². The average Bonchev–Trinajstić information content (AvgIpc) is 2.58. The molecule has 0 saturated carbocycles. The molecule has 0 aliphatic rings. The van der Waals surface area contributed by atoms with Gasteiger partial charge in [-0.3, -0.25) is 4.98 Å². The number of hydrogen-bond acceptors (Lipinski definition) is 4. The summed E-state index contributed by atoms with van der Waals surface area (Å²) in [6, 6.07) is 5.16. The van der Waals surface area contributed by atoms with Crippen LogP contribution in [0.4, 0.5) is 22.0 Å². The second-order valence-electron chi connectivity index (χ2n) is 6.80. The molecule has 0 fully saturated rings. The van der Waals surface area contributed by atoms with E-state index in [0.717, 1.165) is 12.1 Å². The molecule has 1 aromatic heterocycles. The Morgan fingerprint density at radius 2 is 1.86 bits per heavy atom. The van der Waals surface area contributed by atoms with Crippen molar-refractivity contribution < 1.29 is 31.2 Å². The SMILES string of the molecule is CC(C)(C)[S+]([O-])/N=C(\c1cc(F)cc(OC(F)(F)C(F)F)c1)c1ccc(Cl)cn1. The summed E-state index contributed by atoms with van der Waals surface area (Å²) in [5, 5.41) is 0.282. The standard InChI is InChI=1S/C18H16ClF5N2O2S/c1-17(2,3)29(27)26-15(14-5-4-11(19)9-25-14)10-6-12(20)8-13(7-10)28-18(23,24)16(21)22/h4-9,16H,1-3H3/b26-15+. The molecular formula is C18H16ClF5N2O2S.